The molecule has 1 aliphatic carbocycles. The highest BCUT2D eigenvalue weighted by Crippen LogP contribution is 2.41. The van der Waals surface area contributed by atoms with E-state index in [9.17, 15) is 22.8 Å². The van der Waals surface area contributed by atoms with Gasteiger partial charge in [0.1, 0.15) is 6.04 Å². The number of rotatable bonds is 1. The summed E-state index contributed by atoms with van der Waals surface area (Å²) in [6.45, 7) is 0. The number of piperidine rings is 1. The van der Waals surface area contributed by atoms with E-state index in [1.807, 2.05) is 0 Å². The molecule has 0 aromatic carbocycles. The van der Waals surface area contributed by atoms with Crippen molar-refractivity contribution in [2.45, 2.75) is 50.4 Å². The van der Waals surface area contributed by atoms with Crippen LogP contribution in [0.5, 0.6) is 0 Å². The molecule has 4 nitrogen and oxygen atoms in total. The van der Waals surface area contributed by atoms with Crippen LogP contribution in [-0.4, -0.2) is 40.1 Å². The van der Waals surface area contributed by atoms with E-state index < -0.39 is 30.1 Å². The Balaban J connectivity index is 2.29. The maximum atomic E-state index is 12.5. The lowest BCUT2D eigenvalue weighted by atomic mass is 9.87. The van der Waals surface area contributed by atoms with Crippen molar-refractivity contribution >= 4 is 11.9 Å². The molecule has 18 heavy (non-hydrogen) atoms. The van der Waals surface area contributed by atoms with Gasteiger partial charge in [0, 0.05) is 6.04 Å². The summed E-state index contributed by atoms with van der Waals surface area (Å²) in [6, 6.07) is -1.90. The number of aliphatic carboxylic acids is 1. The van der Waals surface area contributed by atoms with Gasteiger partial charge in [0.2, 0.25) is 0 Å². The molecule has 0 aromatic rings. The van der Waals surface area contributed by atoms with Gasteiger partial charge in [-0.3, -0.25) is 4.79 Å². The van der Waals surface area contributed by atoms with Crippen LogP contribution in [0.3, 0.4) is 0 Å². The Hall–Kier alpha value is -1.27. The molecule has 2 aliphatic rings. The standard InChI is InChI=1S/C11H14F3NO3/c12-11(13,14)10(18)15-7-3-1-2-6(7)4-5-8(15)9(16)17/h6-8H,1-5H2,(H,16,17). The first kappa shape index (κ1) is 13.2. The molecule has 1 saturated heterocycles. The number of hydrogen-bond acceptors (Lipinski definition) is 2. The van der Waals surface area contributed by atoms with Crippen LogP contribution < -0.4 is 0 Å². The van der Waals surface area contributed by atoms with Crippen molar-refractivity contribution < 1.29 is 27.9 Å². The Labute approximate surface area is 102 Å². The first-order chi connectivity index (χ1) is 8.32. The van der Waals surface area contributed by atoms with Gasteiger partial charge in [-0.25, -0.2) is 4.79 Å². The van der Waals surface area contributed by atoms with Crippen molar-refractivity contribution in [1.82, 2.24) is 4.90 Å². The number of carbonyl (C=O) groups excluding carboxylic acids is 1. The van der Waals surface area contributed by atoms with Gasteiger partial charge in [0.15, 0.2) is 0 Å². The minimum atomic E-state index is -5.00. The molecule has 3 atom stereocenters. The fourth-order valence-electron chi connectivity index (χ4n) is 3.14. The average Bonchev–Trinajstić information content (AvgIpc) is 2.72. The molecule has 2 rings (SSSR count). The lowest BCUT2D eigenvalue weighted by Gasteiger charge is -2.42. The second kappa shape index (κ2) is 4.44. The van der Waals surface area contributed by atoms with Gasteiger partial charge in [-0.1, -0.05) is 6.42 Å². The van der Waals surface area contributed by atoms with Crippen LogP contribution in [0.25, 0.3) is 0 Å². The van der Waals surface area contributed by atoms with E-state index in [2.05, 4.69) is 0 Å². The maximum absolute atomic E-state index is 12.5. The number of likely N-dealkylation sites (tertiary alicyclic amines) is 1. The van der Waals surface area contributed by atoms with Crippen molar-refractivity contribution in [3.8, 4) is 0 Å². The molecule has 1 N–H and O–H groups in total. The molecule has 0 spiro atoms. The molecular weight excluding hydrogens is 251 g/mol. The quantitative estimate of drug-likeness (QED) is 0.786. The van der Waals surface area contributed by atoms with Crippen LogP contribution in [-0.2, 0) is 9.59 Å². The molecule has 1 aliphatic heterocycles. The van der Waals surface area contributed by atoms with E-state index in [-0.39, 0.29) is 12.3 Å². The summed E-state index contributed by atoms with van der Waals surface area (Å²) < 4.78 is 37.6. The lowest BCUT2D eigenvalue weighted by molar-refractivity contribution is -0.195. The van der Waals surface area contributed by atoms with Gasteiger partial charge in [0.25, 0.3) is 0 Å². The van der Waals surface area contributed by atoms with E-state index >= 15 is 0 Å². The van der Waals surface area contributed by atoms with E-state index in [1.54, 1.807) is 0 Å². The Morgan fingerprint density at radius 2 is 1.78 bits per heavy atom. The number of halogens is 3. The van der Waals surface area contributed by atoms with E-state index in [1.165, 1.54) is 0 Å². The molecule has 1 amide bonds. The fourth-order valence-corrected chi connectivity index (χ4v) is 3.14. The lowest BCUT2D eigenvalue weighted by Crippen LogP contribution is -2.58. The number of hydrogen-bond donors (Lipinski definition) is 1. The van der Waals surface area contributed by atoms with Gasteiger partial charge in [-0.05, 0) is 31.6 Å². The van der Waals surface area contributed by atoms with Crippen LogP contribution in [0.15, 0.2) is 0 Å². The number of nitrogens with zero attached hydrogens (tertiary/aromatic N) is 1. The number of alkyl halides is 3. The third kappa shape index (κ3) is 2.18. The second-order valence-electron chi connectivity index (χ2n) is 4.90. The third-order valence-corrected chi connectivity index (χ3v) is 3.89. The number of carboxylic acid groups (broad SMARTS) is 1. The van der Waals surface area contributed by atoms with Crippen LogP contribution >= 0.6 is 0 Å². The maximum Gasteiger partial charge on any atom is 0.471 e. The fraction of sp³-hybridized carbons (Fsp3) is 0.818. The Kier molecular flexibility index (Phi) is 3.25. The molecule has 2 fully saturated rings. The summed E-state index contributed by atoms with van der Waals surface area (Å²) in [6.07, 6.45) is -2.31. The SMILES string of the molecule is O=C(O)C1CCC2CCCC2N1C(=O)C(F)(F)F. The van der Waals surface area contributed by atoms with E-state index in [0.717, 1.165) is 12.8 Å². The first-order valence-corrected chi connectivity index (χ1v) is 5.94. The number of fused-ring (bicyclic) bond motifs is 1. The smallest absolute Gasteiger partial charge is 0.471 e. The van der Waals surface area contributed by atoms with Crippen molar-refractivity contribution in [2.75, 3.05) is 0 Å². The molecule has 7 heteroatoms. The Bertz CT molecular complexity index is 369. The third-order valence-electron chi connectivity index (χ3n) is 3.89. The van der Waals surface area contributed by atoms with Gasteiger partial charge >= 0.3 is 18.1 Å². The van der Waals surface area contributed by atoms with E-state index in [4.69, 9.17) is 5.11 Å². The van der Waals surface area contributed by atoms with Crippen LogP contribution in [0.2, 0.25) is 0 Å². The topological polar surface area (TPSA) is 57.6 Å². The summed E-state index contributed by atoms with van der Waals surface area (Å²) in [7, 11) is 0. The summed E-state index contributed by atoms with van der Waals surface area (Å²) >= 11 is 0. The van der Waals surface area contributed by atoms with Gasteiger partial charge in [-0.2, -0.15) is 13.2 Å². The molecule has 3 unspecified atom stereocenters. The van der Waals surface area contributed by atoms with Crippen LogP contribution in [0.1, 0.15) is 32.1 Å². The molecule has 1 saturated carbocycles. The number of carbonyl (C=O) groups is 2. The van der Waals surface area contributed by atoms with Gasteiger partial charge in [-0.15, -0.1) is 0 Å². The highest BCUT2D eigenvalue weighted by molar-refractivity contribution is 5.87. The molecular formula is C11H14F3NO3. The second-order valence-corrected chi connectivity index (χ2v) is 4.90. The highest BCUT2D eigenvalue weighted by atomic mass is 19.4. The normalized spacial score (nSPS) is 32.2. The average molecular weight is 265 g/mol. The zero-order valence-electron chi connectivity index (χ0n) is 9.61. The number of amides is 1. The van der Waals surface area contributed by atoms with Gasteiger partial charge < -0.3 is 10.0 Å². The first-order valence-electron chi connectivity index (χ1n) is 5.94. The molecule has 0 aromatic heterocycles. The summed E-state index contributed by atoms with van der Waals surface area (Å²) in [4.78, 5) is 23.0. The largest absolute Gasteiger partial charge is 0.480 e. The molecule has 1 heterocycles. The Morgan fingerprint density at radius 1 is 1.11 bits per heavy atom. The zero-order chi connectivity index (χ0) is 13.5. The molecule has 0 radical (unpaired) electrons. The van der Waals surface area contributed by atoms with Crippen molar-refractivity contribution in [3.63, 3.8) is 0 Å². The predicted molar refractivity (Wildman–Crippen MR) is 54.7 cm³/mol. The minimum Gasteiger partial charge on any atom is -0.480 e. The monoisotopic (exact) mass is 265 g/mol. The summed E-state index contributed by atoms with van der Waals surface area (Å²) in [5, 5.41) is 8.98. The van der Waals surface area contributed by atoms with Crippen molar-refractivity contribution in [2.24, 2.45) is 5.92 Å². The summed E-state index contributed by atoms with van der Waals surface area (Å²) in [5.41, 5.74) is 0. The van der Waals surface area contributed by atoms with Crippen LogP contribution in [0.4, 0.5) is 13.2 Å². The Morgan fingerprint density at radius 3 is 2.33 bits per heavy atom. The van der Waals surface area contributed by atoms with Gasteiger partial charge in [0.05, 0.1) is 0 Å². The zero-order valence-corrected chi connectivity index (χ0v) is 9.61. The predicted octanol–water partition coefficient (Wildman–Crippen LogP) is 1.79. The summed E-state index contributed by atoms with van der Waals surface area (Å²) in [5.74, 6) is -3.34. The minimum absolute atomic E-state index is 0.0203. The van der Waals surface area contributed by atoms with Crippen molar-refractivity contribution in [3.05, 3.63) is 0 Å². The molecule has 0 bridgehead atoms. The van der Waals surface area contributed by atoms with Crippen molar-refractivity contribution in [1.29, 1.82) is 0 Å². The number of carboxylic acids is 1. The highest BCUT2D eigenvalue weighted by Gasteiger charge is 2.52. The molecule has 102 valence electrons. The van der Waals surface area contributed by atoms with Crippen LogP contribution in [0, 0.1) is 5.92 Å². The van der Waals surface area contributed by atoms with E-state index in [0.29, 0.717) is 17.7 Å².